The maximum Gasteiger partial charge on any atom is 0.0594 e. The third-order valence-electron chi connectivity index (χ3n) is 5.92. The Labute approximate surface area is 163 Å². The molecule has 1 N–H and O–H groups in total. The SMILES string of the molecule is C[C@@H](c1ccc(-c2ccccc2CN2CCNCC2)cc1)N1CCOCC1. The molecule has 0 aliphatic carbocycles. The van der Waals surface area contributed by atoms with Crippen molar-refractivity contribution in [1.82, 2.24) is 15.1 Å². The van der Waals surface area contributed by atoms with E-state index in [4.69, 9.17) is 4.74 Å². The summed E-state index contributed by atoms with van der Waals surface area (Å²) in [5.74, 6) is 0. The van der Waals surface area contributed by atoms with Gasteiger partial charge in [0, 0.05) is 51.9 Å². The van der Waals surface area contributed by atoms with Crippen LogP contribution in [0.25, 0.3) is 11.1 Å². The van der Waals surface area contributed by atoms with Crippen LogP contribution in [0.1, 0.15) is 24.1 Å². The number of hydrogen-bond acceptors (Lipinski definition) is 4. The zero-order chi connectivity index (χ0) is 18.5. The first-order chi connectivity index (χ1) is 13.3. The normalized spacial score (nSPS) is 20.5. The van der Waals surface area contributed by atoms with Gasteiger partial charge in [-0.25, -0.2) is 0 Å². The standard InChI is InChI=1S/C23H31N3O/c1-19(26-14-16-27-17-15-26)20-6-8-21(9-7-20)23-5-3-2-4-22(23)18-25-12-10-24-11-13-25/h2-9,19,24H,10-18H2,1H3/t19-/m0/s1. The second-order valence-electron chi connectivity index (χ2n) is 7.63. The molecule has 4 rings (SSSR count). The van der Waals surface area contributed by atoms with Crippen molar-refractivity contribution in [1.29, 1.82) is 0 Å². The van der Waals surface area contributed by atoms with E-state index in [1.165, 1.54) is 22.3 Å². The molecule has 4 nitrogen and oxygen atoms in total. The van der Waals surface area contributed by atoms with Crippen LogP contribution in [0, 0.1) is 0 Å². The molecule has 2 saturated heterocycles. The van der Waals surface area contributed by atoms with Crippen molar-refractivity contribution in [3.63, 3.8) is 0 Å². The van der Waals surface area contributed by atoms with Crippen molar-refractivity contribution in [2.45, 2.75) is 19.5 Å². The number of hydrogen-bond donors (Lipinski definition) is 1. The van der Waals surface area contributed by atoms with Crippen molar-refractivity contribution in [3.05, 3.63) is 59.7 Å². The maximum absolute atomic E-state index is 5.49. The fourth-order valence-electron chi connectivity index (χ4n) is 4.17. The molecule has 0 bridgehead atoms. The predicted molar refractivity (Wildman–Crippen MR) is 111 cm³/mol. The van der Waals surface area contributed by atoms with Crippen LogP contribution in [-0.4, -0.2) is 62.3 Å². The van der Waals surface area contributed by atoms with E-state index in [9.17, 15) is 0 Å². The molecule has 2 heterocycles. The van der Waals surface area contributed by atoms with Crippen LogP contribution in [-0.2, 0) is 11.3 Å². The van der Waals surface area contributed by atoms with Gasteiger partial charge in [0.15, 0.2) is 0 Å². The van der Waals surface area contributed by atoms with E-state index < -0.39 is 0 Å². The first kappa shape index (κ1) is 18.6. The number of ether oxygens (including phenoxy) is 1. The summed E-state index contributed by atoms with van der Waals surface area (Å²) in [5, 5.41) is 3.44. The van der Waals surface area contributed by atoms with Crippen LogP contribution < -0.4 is 5.32 Å². The summed E-state index contributed by atoms with van der Waals surface area (Å²) in [6.07, 6.45) is 0. The van der Waals surface area contributed by atoms with E-state index >= 15 is 0 Å². The fourth-order valence-corrected chi connectivity index (χ4v) is 4.17. The molecule has 0 amide bonds. The van der Waals surface area contributed by atoms with Gasteiger partial charge in [-0.3, -0.25) is 9.80 Å². The third kappa shape index (κ3) is 4.58. The number of nitrogens with zero attached hydrogens (tertiary/aromatic N) is 2. The summed E-state index contributed by atoms with van der Waals surface area (Å²) in [6, 6.07) is 18.5. The van der Waals surface area contributed by atoms with E-state index in [2.05, 4.69) is 70.6 Å². The molecule has 0 saturated carbocycles. The molecule has 0 spiro atoms. The quantitative estimate of drug-likeness (QED) is 0.881. The van der Waals surface area contributed by atoms with Crippen molar-refractivity contribution in [3.8, 4) is 11.1 Å². The second kappa shape index (κ2) is 8.98. The molecule has 2 aliphatic rings. The largest absolute Gasteiger partial charge is 0.379 e. The van der Waals surface area contributed by atoms with Gasteiger partial charge in [-0.15, -0.1) is 0 Å². The van der Waals surface area contributed by atoms with Crippen LogP contribution in [0.15, 0.2) is 48.5 Å². The Morgan fingerprint density at radius 1 is 0.926 bits per heavy atom. The van der Waals surface area contributed by atoms with E-state index in [-0.39, 0.29) is 0 Å². The maximum atomic E-state index is 5.49. The Kier molecular flexibility index (Phi) is 6.20. The highest BCUT2D eigenvalue weighted by Crippen LogP contribution is 2.28. The molecule has 2 aliphatic heterocycles. The third-order valence-corrected chi connectivity index (χ3v) is 5.92. The Balaban J connectivity index is 1.50. The number of piperazine rings is 1. The van der Waals surface area contributed by atoms with E-state index in [1.807, 2.05) is 0 Å². The molecular formula is C23H31N3O. The molecule has 27 heavy (non-hydrogen) atoms. The Morgan fingerprint density at radius 3 is 2.37 bits per heavy atom. The van der Waals surface area contributed by atoms with Crippen LogP contribution >= 0.6 is 0 Å². The summed E-state index contributed by atoms with van der Waals surface area (Å²) in [5.41, 5.74) is 5.49. The van der Waals surface area contributed by atoms with Crippen molar-refractivity contribution in [2.24, 2.45) is 0 Å². The summed E-state index contributed by atoms with van der Waals surface area (Å²) in [7, 11) is 0. The molecular weight excluding hydrogens is 334 g/mol. The van der Waals surface area contributed by atoms with Gasteiger partial charge >= 0.3 is 0 Å². The van der Waals surface area contributed by atoms with Gasteiger partial charge in [0.1, 0.15) is 0 Å². The molecule has 2 fully saturated rings. The summed E-state index contributed by atoms with van der Waals surface area (Å²) in [6.45, 7) is 11.5. The number of rotatable bonds is 5. The average Bonchev–Trinajstić information content (AvgIpc) is 2.75. The molecule has 0 unspecified atom stereocenters. The highest BCUT2D eigenvalue weighted by Gasteiger charge is 2.18. The lowest BCUT2D eigenvalue weighted by Gasteiger charge is -2.32. The lowest BCUT2D eigenvalue weighted by atomic mass is 9.96. The van der Waals surface area contributed by atoms with Gasteiger partial charge in [0.2, 0.25) is 0 Å². The topological polar surface area (TPSA) is 27.7 Å². The van der Waals surface area contributed by atoms with Crippen molar-refractivity contribution >= 4 is 0 Å². The van der Waals surface area contributed by atoms with Crippen LogP contribution in [0.3, 0.4) is 0 Å². The van der Waals surface area contributed by atoms with Gasteiger partial charge in [-0.1, -0.05) is 48.5 Å². The minimum Gasteiger partial charge on any atom is -0.379 e. The lowest BCUT2D eigenvalue weighted by molar-refractivity contribution is 0.0198. The number of benzene rings is 2. The molecule has 1 atom stereocenters. The van der Waals surface area contributed by atoms with Gasteiger partial charge in [0.25, 0.3) is 0 Å². The van der Waals surface area contributed by atoms with Gasteiger partial charge in [0.05, 0.1) is 13.2 Å². The molecule has 0 aromatic heterocycles. The fraction of sp³-hybridized carbons (Fsp3) is 0.478. The zero-order valence-corrected chi connectivity index (χ0v) is 16.4. The van der Waals surface area contributed by atoms with Crippen molar-refractivity contribution < 1.29 is 4.74 Å². The molecule has 2 aromatic carbocycles. The van der Waals surface area contributed by atoms with Gasteiger partial charge in [-0.2, -0.15) is 0 Å². The highest BCUT2D eigenvalue weighted by molar-refractivity contribution is 5.67. The number of morpholine rings is 1. The Bertz CT molecular complexity index is 719. The van der Waals surface area contributed by atoms with E-state index in [0.29, 0.717) is 6.04 Å². The minimum absolute atomic E-state index is 0.444. The first-order valence-electron chi connectivity index (χ1n) is 10.2. The highest BCUT2D eigenvalue weighted by atomic mass is 16.5. The Hall–Kier alpha value is -1.72. The van der Waals surface area contributed by atoms with Crippen LogP contribution in [0.2, 0.25) is 0 Å². The molecule has 4 heteroatoms. The zero-order valence-electron chi connectivity index (χ0n) is 16.4. The van der Waals surface area contributed by atoms with Gasteiger partial charge < -0.3 is 10.1 Å². The smallest absolute Gasteiger partial charge is 0.0594 e. The lowest BCUT2D eigenvalue weighted by Crippen LogP contribution is -2.42. The van der Waals surface area contributed by atoms with Gasteiger partial charge in [-0.05, 0) is 29.2 Å². The monoisotopic (exact) mass is 365 g/mol. The second-order valence-corrected chi connectivity index (χ2v) is 7.63. The molecule has 144 valence electrons. The minimum atomic E-state index is 0.444. The van der Waals surface area contributed by atoms with Crippen LogP contribution in [0.4, 0.5) is 0 Å². The molecule has 2 aromatic rings. The predicted octanol–water partition coefficient (Wildman–Crippen LogP) is 3.15. The number of nitrogens with one attached hydrogen (secondary N) is 1. The first-order valence-corrected chi connectivity index (χ1v) is 10.2. The van der Waals surface area contributed by atoms with Crippen molar-refractivity contribution in [2.75, 3.05) is 52.5 Å². The summed E-state index contributed by atoms with van der Waals surface area (Å²) in [4.78, 5) is 5.06. The summed E-state index contributed by atoms with van der Waals surface area (Å²) >= 11 is 0. The van der Waals surface area contributed by atoms with E-state index in [1.54, 1.807) is 0 Å². The Morgan fingerprint density at radius 2 is 1.63 bits per heavy atom. The molecule has 0 radical (unpaired) electrons. The average molecular weight is 366 g/mol. The summed E-state index contributed by atoms with van der Waals surface area (Å²) < 4.78 is 5.49. The van der Waals surface area contributed by atoms with Crippen LogP contribution in [0.5, 0.6) is 0 Å². The van der Waals surface area contributed by atoms with E-state index in [0.717, 1.165) is 59.0 Å².